The van der Waals surface area contributed by atoms with Crippen LogP contribution in [0.4, 0.5) is 0 Å². The lowest BCUT2D eigenvalue weighted by molar-refractivity contribution is 0.202. The zero-order valence-corrected chi connectivity index (χ0v) is 13.5. The summed E-state index contributed by atoms with van der Waals surface area (Å²) in [5, 5.41) is 0.522. The van der Waals surface area contributed by atoms with Crippen molar-refractivity contribution in [2.75, 3.05) is 6.54 Å². The van der Waals surface area contributed by atoms with Crippen LogP contribution in [0.3, 0.4) is 0 Å². The molecule has 2 atom stereocenters. The Labute approximate surface area is 131 Å². The Balaban J connectivity index is 1.96. The van der Waals surface area contributed by atoms with E-state index in [-0.39, 0.29) is 12.6 Å². The molecule has 116 valence electrons. The molecule has 1 saturated carbocycles. The molecule has 1 aliphatic carbocycles. The predicted octanol–water partition coefficient (Wildman–Crippen LogP) is 2.75. The molecule has 1 heterocycles. The van der Waals surface area contributed by atoms with E-state index in [9.17, 15) is 8.42 Å². The van der Waals surface area contributed by atoms with E-state index in [1.165, 1.54) is 0 Å². The van der Waals surface area contributed by atoms with Crippen LogP contribution in [-0.2, 0) is 16.6 Å². The van der Waals surface area contributed by atoms with E-state index in [4.69, 9.17) is 17.3 Å². The third-order valence-electron chi connectivity index (χ3n) is 4.79. The van der Waals surface area contributed by atoms with Gasteiger partial charge in [-0.3, -0.25) is 0 Å². The fourth-order valence-electron chi connectivity index (χ4n) is 3.71. The number of hydrogen-bond acceptors (Lipinski definition) is 3. The molecule has 1 saturated heterocycles. The van der Waals surface area contributed by atoms with Gasteiger partial charge in [0.15, 0.2) is 0 Å². The summed E-state index contributed by atoms with van der Waals surface area (Å²) in [4.78, 5) is 0.319. The van der Waals surface area contributed by atoms with Crippen LogP contribution in [0.15, 0.2) is 23.1 Å². The van der Waals surface area contributed by atoms with Crippen molar-refractivity contribution in [1.29, 1.82) is 0 Å². The minimum absolute atomic E-state index is 0.181. The molecule has 0 bridgehead atoms. The molecule has 0 aromatic heterocycles. The molecule has 2 unspecified atom stereocenters. The van der Waals surface area contributed by atoms with Gasteiger partial charge < -0.3 is 5.73 Å². The predicted molar refractivity (Wildman–Crippen MR) is 83.6 cm³/mol. The zero-order chi connectivity index (χ0) is 15.0. The van der Waals surface area contributed by atoms with Crippen LogP contribution < -0.4 is 5.73 Å². The summed E-state index contributed by atoms with van der Waals surface area (Å²) >= 11 is 6.03. The first-order valence-electron chi connectivity index (χ1n) is 7.54. The molecule has 21 heavy (non-hydrogen) atoms. The smallest absolute Gasteiger partial charge is 0.243 e. The molecule has 1 aromatic carbocycles. The molecule has 0 spiro atoms. The maximum absolute atomic E-state index is 13.0. The van der Waals surface area contributed by atoms with Crippen LogP contribution in [0.5, 0.6) is 0 Å². The van der Waals surface area contributed by atoms with Gasteiger partial charge in [0.05, 0.1) is 4.90 Å². The molecule has 2 N–H and O–H groups in total. The third kappa shape index (κ3) is 2.72. The summed E-state index contributed by atoms with van der Waals surface area (Å²) in [6, 6.07) is 5.03. The van der Waals surface area contributed by atoms with E-state index in [0.29, 0.717) is 27.9 Å². The minimum Gasteiger partial charge on any atom is -0.326 e. The Morgan fingerprint density at radius 1 is 1.24 bits per heavy atom. The third-order valence-corrected chi connectivity index (χ3v) is 7.08. The van der Waals surface area contributed by atoms with Crippen molar-refractivity contribution in [3.8, 4) is 0 Å². The minimum atomic E-state index is -3.45. The van der Waals surface area contributed by atoms with Gasteiger partial charge in [0.25, 0.3) is 0 Å². The molecular weight excluding hydrogens is 308 g/mol. The molecule has 1 aliphatic heterocycles. The average molecular weight is 329 g/mol. The van der Waals surface area contributed by atoms with Gasteiger partial charge in [0.2, 0.25) is 10.0 Å². The molecule has 6 heteroatoms. The first kappa shape index (κ1) is 15.3. The molecule has 0 radical (unpaired) electrons. The maximum Gasteiger partial charge on any atom is 0.243 e. The molecule has 3 rings (SSSR count). The van der Waals surface area contributed by atoms with Crippen LogP contribution in [-0.4, -0.2) is 25.3 Å². The van der Waals surface area contributed by atoms with Crippen LogP contribution in [0.25, 0.3) is 0 Å². The summed E-state index contributed by atoms with van der Waals surface area (Å²) < 4.78 is 27.6. The normalized spacial score (nSPS) is 26.8. The highest BCUT2D eigenvalue weighted by molar-refractivity contribution is 7.89. The number of halogens is 1. The number of sulfonamides is 1. The first-order chi connectivity index (χ1) is 10.0. The van der Waals surface area contributed by atoms with Crippen molar-refractivity contribution in [3.63, 3.8) is 0 Å². The van der Waals surface area contributed by atoms with E-state index in [2.05, 4.69) is 0 Å². The standard InChI is InChI=1S/C15H21ClN2O2S/c16-14-7-6-13(9-12(14)10-17)21(19,20)18-8-2-4-11-3-1-5-15(11)18/h6-7,9,11,15H,1-5,8,10,17H2. The maximum atomic E-state index is 13.0. The summed E-state index contributed by atoms with van der Waals surface area (Å²) in [6.45, 7) is 0.873. The van der Waals surface area contributed by atoms with Crippen LogP contribution in [0.2, 0.25) is 5.02 Å². The van der Waals surface area contributed by atoms with E-state index in [1.807, 2.05) is 0 Å². The van der Waals surface area contributed by atoms with E-state index in [0.717, 1.165) is 32.1 Å². The van der Waals surface area contributed by atoms with Crippen LogP contribution in [0, 0.1) is 5.92 Å². The van der Waals surface area contributed by atoms with Gasteiger partial charge in [-0.1, -0.05) is 18.0 Å². The lowest BCUT2D eigenvalue weighted by atomic mass is 9.94. The lowest BCUT2D eigenvalue weighted by Crippen LogP contribution is -2.46. The number of benzene rings is 1. The van der Waals surface area contributed by atoms with Gasteiger partial charge in [0, 0.05) is 24.2 Å². The van der Waals surface area contributed by atoms with Crippen molar-refractivity contribution in [2.45, 2.75) is 49.6 Å². The van der Waals surface area contributed by atoms with Crippen LogP contribution >= 0.6 is 11.6 Å². The van der Waals surface area contributed by atoms with E-state index >= 15 is 0 Å². The van der Waals surface area contributed by atoms with E-state index < -0.39 is 10.0 Å². The second kappa shape index (κ2) is 5.88. The fraction of sp³-hybridized carbons (Fsp3) is 0.600. The second-order valence-corrected chi connectivity index (χ2v) is 8.27. The molecule has 0 amide bonds. The number of nitrogens with two attached hydrogens (primary N) is 1. The SMILES string of the molecule is NCc1cc(S(=O)(=O)N2CCCC3CCCC32)ccc1Cl. The van der Waals surface area contributed by atoms with Gasteiger partial charge in [-0.2, -0.15) is 4.31 Å². The summed E-state index contributed by atoms with van der Waals surface area (Å²) in [5.41, 5.74) is 6.31. The van der Waals surface area contributed by atoms with Crippen molar-refractivity contribution in [2.24, 2.45) is 11.7 Å². The lowest BCUT2D eigenvalue weighted by Gasteiger charge is -2.36. The van der Waals surface area contributed by atoms with Crippen LogP contribution in [0.1, 0.15) is 37.7 Å². The first-order valence-corrected chi connectivity index (χ1v) is 9.36. The number of rotatable bonds is 3. The number of hydrogen-bond donors (Lipinski definition) is 1. The molecular formula is C15H21ClN2O2S. The molecule has 2 fully saturated rings. The highest BCUT2D eigenvalue weighted by atomic mass is 35.5. The number of nitrogens with zero attached hydrogens (tertiary/aromatic N) is 1. The van der Waals surface area contributed by atoms with Gasteiger partial charge in [0.1, 0.15) is 0 Å². The van der Waals surface area contributed by atoms with E-state index in [1.54, 1.807) is 22.5 Å². The quantitative estimate of drug-likeness (QED) is 0.928. The Bertz CT molecular complexity index is 633. The van der Waals surface area contributed by atoms with Crippen molar-refractivity contribution < 1.29 is 8.42 Å². The molecule has 1 aromatic rings. The number of fused-ring (bicyclic) bond motifs is 1. The topological polar surface area (TPSA) is 63.4 Å². The van der Waals surface area contributed by atoms with Crippen molar-refractivity contribution >= 4 is 21.6 Å². The monoisotopic (exact) mass is 328 g/mol. The molecule has 4 nitrogen and oxygen atoms in total. The highest BCUT2D eigenvalue weighted by Crippen LogP contribution is 2.39. The van der Waals surface area contributed by atoms with Gasteiger partial charge in [-0.05, 0) is 55.4 Å². The zero-order valence-electron chi connectivity index (χ0n) is 12.0. The van der Waals surface area contributed by atoms with Crippen molar-refractivity contribution in [3.05, 3.63) is 28.8 Å². The Morgan fingerprint density at radius 2 is 2.00 bits per heavy atom. The molecule has 2 aliphatic rings. The number of piperidine rings is 1. The Hall–Kier alpha value is -0.620. The summed E-state index contributed by atoms with van der Waals surface area (Å²) in [5.74, 6) is 0.537. The fourth-order valence-corrected chi connectivity index (χ4v) is 5.71. The summed E-state index contributed by atoms with van der Waals surface area (Å²) in [7, 11) is -3.45. The average Bonchev–Trinajstić information content (AvgIpc) is 2.95. The summed E-state index contributed by atoms with van der Waals surface area (Å²) in [6.07, 6.45) is 5.39. The van der Waals surface area contributed by atoms with Gasteiger partial charge >= 0.3 is 0 Å². The van der Waals surface area contributed by atoms with Gasteiger partial charge in [-0.25, -0.2) is 8.42 Å². The second-order valence-electron chi connectivity index (χ2n) is 5.97. The van der Waals surface area contributed by atoms with Gasteiger partial charge in [-0.15, -0.1) is 0 Å². The Morgan fingerprint density at radius 3 is 2.76 bits per heavy atom. The highest BCUT2D eigenvalue weighted by Gasteiger charge is 2.41. The van der Waals surface area contributed by atoms with Crippen molar-refractivity contribution in [1.82, 2.24) is 4.31 Å². The largest absolute Gasteiger partial charge is 0.326 e. The Kier molecular flexibility index (Phi) is 4.28.